The number of benzene rings is 1. The Bertz CT molecular complexity index is 732. The predicted octanol–water partition coefficient (Wildman–Crippen LogP) is 2.78. The molecule has 0 amide bonds. The van der Waals surface area contributed by atoms with Gasteiger partial charge in [-0.1, -0.05) is 15.9 Å². The molecule has 0 radical (unpaired) electrons. The third-order valence-electron chi connectivity index (χ3n) is 2.63. The third-order valence-corrected chi connectivity index (χ3v) is 3.49. The largest absolute Gasteiger partial charge is 0.465 e. The topological polar surface area (TPSA) is 110 Å². The van der Waals surface area contributed by atoms with Crippen LogP contribution in [0.2, 0.25) is 0 Å². The fourth-order valence-corrected chi connectivity index (χ4v) is 1.90. The molecule has 0 atom stereocenters. The molecule has 0 unspecified atom stereocenters. The predicted molar refractivity (Wildman–Crippen MR) is 77.7 cm³/mol. The maximum atomic E-state index is 11.9. The van der Waals surface area contributed by atoms with E-state index >= 15 is 0 Å². The van der Waals surface area contributed by atoms with Crippen molar-refractivity contribution in [3.63, 3.8) is 0 Å². The number of nitriles is 3. The van der Waals surface area contributed by atoms with Crippen LogP contribution in [0.25, 0.3) is 0 Å². The van der Waals surface area contributed by atoms with Crippen LogP contribution in [0.15, 0.2) is 27.9 Å². The molecular formula is C14H9BrN4O2. The lowest BCUT2D eigenvalue weighted by atomic mass is 10.1. The molecule has 0 aliphatic rings. The summed E-state index contributed by atoms with van der Waals surface area (Å²) in [6, 6.07) is 8.20. The van der Waals surface area contributed by atoms with Crippen molar-refractivity contribution in [3.8, 4) is 18.2 Å². The Kier molecular flexibility index (Phi) is 5.48. The molecule has 0 fully saturated rings. The fraction of sp³-hybridized carbons (Fsp3) is 0.143. The van der Waals surface area contributed by atoms with Gasteiger partial charge in [-0.05, 0) is 24.6 Å². The van der Waals surface area contributed by atoms with Crippen molar-refractivity contribution < 1.29 is 9.53 Å². The van der Waals surface area contributed by atoms with E-state index in [-0.39, 0.29) is 22.5 Å². The van der Waals surface area contributed by atoms with Crippen LogP contribution in [0.5, 0.6) is 0 Å². The van der Waals surface area contributed by atoms with Gasteiger partial charge in [0.15, 0.2) is 5.57 Å². The molecule has 0 spiro atoms. The summed E-state index contributed by atoms with van der Waals surface area (Å²) in [5.74, 6) is -0.593. The molecule has 0 aromatic heterocycles. The number of carbonyl (C=O) groups is 1. The first-order valence-electron chi connectivity index (χ1n) is 5.59. The van der Waals surface area contributed by atoms with E-state index in [1.54, 1.807) is 37.3 Å². The molecule has 1 aromatic carbocycles. The average molecular weight is 345 g/mol. The molecule has 0 aliphatic carbocycles. The van der Waals surface area contributed by atoms with E-state index in [4.69, 9.17) is 20.5 Å². The van der Waals surface area contributed by atoms with Crippen LogP contribution in [0.3, 0.4) is 0 Å². The number of nitrogens with zero attached hydrogens (tertiary/aromatic N) is 3. The second-order valence-corrected chi connectivity index (χ2v) is 4.65. The van der Waals surface area contributed by atoms with Gasteiger partial charge in [0.2, 0.25) is 0 Å². The number of anilines is 1. The van der Waals surface area contributed by atoms with Crippen LogP contribution in [0.4, 0.5) is 5.69 Å². The molecule has 1 aromatic rings. The molecule has 0 saturated heterocycles. The number of methoxy groups -OCH3 is 1. The number of hydrogen-bond donors (Lipinski definition) is 1. The molecule has 0 saturated carbocycles. The van der Waals surface area contributed by atoms with E-state index in [1.807, 2.05) is 0 Å². The van der Waals surface area contributed by atoms with Crippen molar-refractivity contribution in [2.24, 2.45) is 0 Å². The Hall–Kier alpha value is -2.82. The normalized spacial score (nSPS) is 8.76. The van der Waals surface area contributed by atoms with Crippen molar-refractivity contribution >= 4 is 27.6 Å². The number of halogens is 1. The lowest BCUT2D eigenvalue weighted by Crippen LogP contribution is -2.11. The molecule has 0 bridgehead atoms. The van der Waals surface area contributed by atoms with Gasteiger partial charge in [0, 0.05) is 4.47 Å². The Balaban J connectivity index is 3.47. The molecular weight excluding hydrogens is 336 g/mol. The van der Waals surface area contributed by atoms with Crippen LogP contribution in [-0.2, 0) is 4.74 Å². The summed E-state index contributed by atoms with van der Waals surface area (Å²) < 4.78 is 5.40. The van der Waals surface area contributed by atoms with Gasteiger partial charge in [0.1, 0.15) is 23.9 Å². The van der Waals surface area contributed by atoms with E-state index in [9.17, 15) is 4.79 Å². The van der Waals surface area contributed by atoms with Gasteiger partial charge < -0.3 is 10.1 Å². The summed E-state index contributed by atoms with van der Waals surface area (Å²) in [6.07, 6.45) is 0. The van der Waals surface area contributed by atoms with Crippen molar-refractivity contribution in [2.75, 3.05) is 12.4 Å². The van der Waals surface area contributed by atoms with Crippen LogP contribution in [-0.4, -0.2) is 13.1 Å². The van der Waals surface area contributed by atoms with Gasteiger partial charge in [-0.15, -0.1) is 0 Å². The first kappa shape index (κ1) is 16.2. The number of rotatable bonds is 3. The zero-order valence-electron chi connectivity index (χ0n) is 11.2. The second kappa shape index (κ2) is 7.09. The van der Waals surface area contributed by atoms with Crippen LogP contribution in [0.1, 0.15) is 15.9 Å². The number of allylic oxidation sites excluding steroid dienone is 2. The number of esters is 1. The zero-order valence-corrected chi connectivity index (χ0v) is 12.8. The average Bonchev–Trinajstić information content (AvgIpc) is 2.50. The highest BCUT2D eigenvalue weighted by Crippen LogP contribution is 2.28. The molecule has 21 heavy (non-hydrogen) atoms. The number of carbonyl (C=O) groups excluding carboxylic acids is 1. The van der Waals surface area contributed by atoms with Gasteiger partial charge in [-0.25, -0.2) is 4.79 Å². The highest BCUT2D eigenvalue weighted by atomic mass is 79.9. The minimum atomic E-state index is -0.593. The highest BCUT2D eigenvalue weighted by Gasteiger charge is 2.18. The molecule has 6 nitrogen and oxygen atoms in total. The van der Waals surface area contributed by atoms with E-state index < -0.39 is 5.97 Å². The summed E-state index contributed by atoms with van der Waals surface area (Å²) in [6.45, 7) is 1.70. The van der Waals surface area contributed by atoms with E-state index in [1.165, 1.54) is 7.11 Å². The third kappa shape index (κ3) is 3.39. The number of nitrogens with one attached hydrogen (secondary N) is 1. The minimum absolute atomic E-state index is 0.217. The Morgan fingerprint density at radius 2 is 1.86 bits per heavy atom. The Morgan fingerprint density at radius 3 is 2.33 bits per heavy atom. The first-order chi connectivity index (χ1) is 9.99. The molecule has 0 heterocycles. The van der Waals surface area contributed by atoms with Crippen LogP contribution >= 0.6 is 15.9 Å². The lowest BCUT2D eigenvalue weighted by molar-refractivity contribution is 0.0601. The second-order valence-electron chi connectivity index (χ2n) is 3.80. The fourth-order valence-electron chi connectivity index (χ4n) is 1.57. The zero-order chi connectivity index (χ0) is 16.0. The molecule has 0 aliphatic heterocycles. The van der Waals surface area contributed by atoms with Gasteiger partial charge >= 0.3 is 5.97 Å². The monoisotopic (exact) mass is 344 g/mol. The van der Waals surface area contributed by atoms with Crippen molar-refractivity contribution in [3.05, 3.63) is 39.0 Å². The number of hydrogen-bond acceptors (Lipinski definition) is 6. The summed E-state index contributed by atoms with van der Waals surface area (Å²) in [5.41, 5.74) is 0.511. The lowest BCUT2D eigenvalue weighted by Gasteiger charge is -2.13. The number of ether oxygens (including phenoxy) is 1. The van der Waals surface area contributed by atoms with E-state index in [0.717, 1.165) is 0 Å². The molecule has 1 rings (SSSR count). The maximum absolute atomic E-state index is 11.9. The van der Waals surface area contributed by atoms with Gasteiger partial charge in [0.05, 0.1) is 18.4 Å². The Labute approximate surface area is 130 Å². The van der Waals surface area contributed by atoms with Crippen LogP contribution in [0, 0.1) is 40.9 Å². The maximum Gasteiger partial charge on any atom is 0.340 e. The van der Waals surface area contributed by atoms with Crippen molar-refractivity contribution in [2.45, 2.75) is 6.92 Å². The van der Waals surface area contributed by atoms with E-state index in [0.29, 0.717) is 10.0 Å². The van der Waals surface area contributed by atoms with Crippen LogP contribution < -0.4 is 5.32 Å². The quantitative estimate of drug-likeness (QED) is 0.666. The van der Waals surface area contributed by atoms with Crippen molar-refractivity contribution in [1.82, 2.24) is 0 Å². The smallest absolute Gasteiger partial charge is 0.340 e. The SMILES string of the molecule is COC(=O)c1c(NC(C#N)=C(C#N)C#N)ccc(Br)c1C. The minimum Gasteiger partial charge on any atom is -0.465 e. The molecule has 1 N–H and O–H groups in total. The highest BCUT2D eigenvalue weighted by molar-refractivity contribution is 9.10. The summed E-state index contributed by atoms with van der Waals surface area (Å²) >= 11 is 3.30. The van der Waals surface area contributed by atoms with E-state index in [2.05, 4.69) is 21.2 Å². The van der Waals surface area contributed by atoms with Crippen molar-refractivity contribution in [1.29, 1.82) is 15.8 Å². The summed E-state index contributed by atoms with van der Waals surface area (Å²) in [7, 11) is 1.24. The summed E-state index contributed by atoms with van der Waals surface area (Å²) in [4.78, 5) is 11.9. The summed E-state index contributed by atoms with van der Waals surface area (Å²) in [5, 5.41) is 29.3. The first-order valence-corrected chi connectivity index (χ1v) is 6.38. The van der Waals surface area contributed by atoms with Gasteiger partial charge in [0.25, 0.3) is 0 Å². The standard InChI is InChI=1S/C14H9BrN4O2/c1-8-10(15)3-4-11(13(8)14(20)21-2)19-12(7-18)9(5-16)6-17/h3-4,19H,1-2H3. The van der Waals surface area contributed by atoms with Gasteiger partial charge in [-0.3, -0.25) is 0 Å². The van der Waals surface area contributed by atoms with Gasteiger partial charge in [-0.2, -0.15) is 15.8 Å². The Morgan fingerprint density at radius 1 is 1.24 bits per heavy atom. The molecule has 7 heteroatoms. The molecule has 104 valence electrons.